The Labute approximate surface area is 204 Å². The summed E-state index contributed by atoms with van der Waals surface area (Å²) in [7, 11) is -3.99. The molecule has 2 saturated heterocycles. The molecule has 2 N–H and O–H groups in total. The van der Waals surface area contributed by atoms with Crippen LogP contribution in [-0.2, 0) is 43.1 Å². The largest absolute Gasteiger partial charge is 0.458 e. The molecule has 2 aliphatic heterocycles. The van der Waals surface area contributed by atoms with E-state index in [1.54, 1.807) is 0 Å². The molecule has 2 bridgehead atoms. The lowest BCUT2D eigenvalue weighted by Crippen LogP contribution is -2.69. The second kappa shape index (κ2) is 7.56. The number of Topliss-reactive ketones (excluding diaryl/α,β-unsaturated/α-hetero) is 2. The van der Waals surface area contributed by atoms with Gasteiger partial charge in [-0.15, -0.1) is 0 Å². The minimum Gasteiger partial charge on any atom is -0.458 e. The van der Waals surface area contributed by atoms with E-state index in [0.717, 1.165) is 0 Å². The minimum atomic E-state index is -3.99. The van der Waals surface area contributed by atoms with Crippen LogP contribution >= 0.6 is 0 Å². The Hall–Kier alpha value is -1.89. The molecule has 0 radical (unpaired) electrons. The van der Waals surface area contributed by atoms with Gasteiger partial charge in [0.2, 0.25) is 0 Å². The van der Waals surface area contributed by atoms with E-state index >= 15 is 0 Å². The lowest BCUT2D eigenvalue weighted by atomic mass is 9.48. The molecule has 3 aliphatic carbocycles. The van der Waals surface area contributed by atoms with Crippen LogP contribution in [0, 0.1) is 22.7 Å². The zero-order chi connectivity index (χ0) is 25.6. The third-order valence-corrected chi connectivity index (χ3v) is 10.7. The highest BCUT2D eigenvalue weighted by atomic mass is 32.2. The molecule has 12 heteroatoms. The van der Waals surface area contributed by atoms with E-state index in [-0.39, 0.29) is 37.4 Å². The fraction of sp³-hybridized carbons (Fsp3) is 0.826. The van der Waals surface area contributed by atoms with Crippen molar-refractivity contribution in [1.29, 1.82) is 0 Å². The predicted molar refractivity (Wildman–Crippen MR) is 119 cm³/mol. The first-order chi connectivity index (χ1) is 16.3. The lowest BCUT2D eigenvalue weighted by molar-refractivity contribution is -0.174. The van der Waals surface area contributed by atoms with E-state index in [9.17, 15) is 27.6 Å². The first kappa shape index (κ1) is 24.8. The summed E-state index contributed by atoms with van der Waals surface area (Å²) in [5.41, 5.74) is -3.93. The Balaban J connectivity index is 1.66. The van der Waals surface area contributed by atoms with Gasteiger partial charge in [0.15, 0.2) is 12.4 Å². The first-order valence-corrected chi connectivity index (χ1v) is 13.6. The standard InChI is InChI=1S/C23H32N2O9S/c1-5-20(4)9-17(33-18(28)11-32-13(3)26)22-14-10-24-35(30,31)34-15(14)8-21(12(2)19(20)29)7-6-16(27)23(21,22)25-22/h12,14-15,17,24-25H,5-11H2,1-4H3/t12-,14?,15?,17+,20+,21?,22?,23?/m0/s1. The van der Waals surface area contributed by atoms with Crippen LogP contribution in [0.2, 0.25) is 0 Å². The fourth-order valence-electron chi connectivity index (χ4n) is 7.84. The number of carbonyl (C=O) groups is 4. The summed E-state index contributed by atoms with van der Waals surface area (Å²) in [5.74, 6) is -2.56. The third-order valence-electron chi connectivity index (χ3n) is 9.65. The lowest BCUT2D eigenvalue weighted by Gasteiger charge is -2.55. The van der Waals surface area contributed by atoms with Gasteiger partial charge >= 0.3 is 22.2 Å². The van der Waals surface area contributed by atoms with Crippen molar-refractivity contribution < 1.29 is 41.3 Å². The van der Waals surface area contributed by atoms with Crippen molar-refractivity contribution in [3.63, 3.8) is 0 Å². The van der Waals surface area contributed by atoms with Gasteiger partial charge < -0.3 is 9.47 Å². The molecule has 0 aromatic heterocycles. The Morgan fingerprint density at radius 2 is 1.94 bits per heavy atom. The summed E-state index contributed by atoms with van der Waals surface area (Å²) in [6.45, 7) is 6.18. The van der Waals surface area contributed by atoms with Crippen LogP contribution in [0.15, 0.2) is 0 Å². The number of carbonyl (C=O) groups excluding carboxylic acids is 4. The summed E-state index contributed by atoms with van der Waals surface area (Å²) in [4.78, 5) is 51.6. The van der Waals surface area contributed by atoms with Crippen molar-refractivity contribution in [2.24, 2.45) is 22.7 Å². The van der Waals surface area contributed by atoms with Crippen molar-refractivity contribution in [3.8, 4) is 0 Å². The maximum Gasteiger partial charge on any atom is 0.344 e. The molecule has 5 aliphatic rings. The number of esters is 2. The average molecular weight is 513 g/mol. The zero-order valence-corrected chi connectivity index (χ0v) is 21.2. The maximum absolute atomic E-state index is 14.0. The van der Waals surface area contributed by atoms with Gasteiger partial charge in [-0.3, -0.25) is 23.9 Å². The van der Waals surface area contributed by atoms with Gasteiger partial charge in [-0.1, -0.05) is 20.8 Å². The highest BCUT2D eigenvalue weighted by molar-refractivity contribution is 7.84. The molecule has 11 nitrogen and oxygen atoms in total. The van der Waals surface area contributed by atoms with E-state index in [1.165, 1.54) is 6.92 Å². The molecule has 0 amide bonds. The molecule has 0 aromatic carbocycles. The van der Waals surface area contributed by atoms with Crippen LogP contribution in [0.1, 0.15) is 59.8 Å². The Morgan fingerprint density at radius 1 is 1.23 bits per heavy atom. The molecule has 0 aromatic rings. The second-order valence-electron chi connectivity index (χ2n) is 11.0. The van der Waals surface area contributed by atoms with Crippen LogP contribution in [0.5, 0.6) is 0 Å². The van der Waals surface area contributed by atoms with Gasteiger partial charge in [-0.05, 0) is 25.7 Å². The monoisotopic (exact) mass is 512 g/mol. The highest BCUT2D eigenvalue weighted by Gasteiger charge is 2.91. The number of ether oxygens (including phenoxy) is 2. The Bertz CT molecular complexity index is 1120. The van der Waals surface area contributed by atoms with Crippen molar-refractivity contribution in [1.82, 2.24) is 10.0 Å². The topological polar surface area (TPSA) is 164 Å². The van der Waals surface area contributed by atoms with Crippen LogP contribution < -0.4 is 10.0 Å². The summed E-state index contributed by atoms with van der Waals surface area (Å²) in [6.07, 6.45) is -0.187. The summed E-state index contributed by atoms with van der Waals surface area (Å²) in [5, 5.41) is 3.46. The molecule has 2 heterocycles. The minimum absolute atomic E-state index is 0.00821. The van der Waals surface area contributed by atoms with Crippen LogP contribution in [-0.4, -0.2) is 68.4 Å². The third kappa shape index (κ3) is 3.09. The van der Waals surface area contributed by atoms with Gasteiger partial charge in [0.05, 0.1) is 11.6 Å². The molecule has 35 heavy (non-hydrogen) atoms. The average Bonchev–Trinajstić information content (AvgIpc) is 3.43. The van der Waals surface area contributed by atoms with E-state index < -0.39 is 74.8 Å². The first-order valence-electron chi connectivity index (χ1n) is 12.2. The van der Waals surface area contributed by atoms with E-state index in [4.69, 9.17) is 13.7 Å². The number of fused-ring (bicyclic) bond motifs is 1. The van der Waals surface area contributed by atoms with Crippen molar-refractivity contribution in [3.05, 3.63) is 0 Å². The van der Waals surface area contributed by atoms with Gasteiger partial charge in [0.1, 0.15) is 17.4 Å². The van der Waals surface area contributed by atoms with Gasteiger partial charge in [-0.2, -0.15) is 13.1 Å². The number of nitrogens with one attached hydrogen (secondary N) is 2. The molecule has 3 saturated carbocycles. The fourth-order valence-corrected chi connectivity index (χ4v) is 8.82. The van der Waals surface area contributed by atoms with Gasteiger partial charge in [-0.25, -0.2) is 4.79 Å². The van der Waals surface area contributed by atoms with Crippen molar-refractivity contribution in [2.45, 2.75) is 83.1 Å². The highest BCUT2D eigenvalue weighted by Crippen LogP contribution is 2.73. The van der Waals surface area contributed by atoms with E-state index in [0.29, 0.717) is 12.8 Å². The molecule has 1 spiro atoms. The normalized spacial score (nSPS) is 47.4. The van der Waals surface area contributed by atoms with Crippen LogP contribution in [0.3, 0.4) is 0 Å². The van der Waals surface area contributed by atoms with E-state index in [2.05, 4.69) is 10.0 Å². The molecular weight excluding hydrogens is 480 g/mol. The summed E-state index contributed by atoms with van der Waals surface area (Å²) in [6, 6.07) is 0. The number of rotatable bonds is 4. The Kier molecular flexibility index (Phi) is 5.36. The SMILES string of the molecule is CC[C@]1(C)C[C@@H](OC(=O)COC(C)=O)C23NC24C(=O)CCC4(CC2OS(=O)(=O)NCC23)[C@@H](C)C1=O. The number of hydrogen-bond donors (Lipinski definition) is 2. The Morgan fingerprint density at radius 3 is 2.60 bits per heavy atom. The van der Waals surface area contributed by atoms with Crippen LogP contribution in [0.25, 0.3) is 0 Å². The van der Waals surface area contributed by atoms with Gasteiger partial charge in [0, 0.05) is 42.6 Å². The van der Waals surface area contributed by atoms with Crippen molar-refractivity contribution >= 4 is 33.8 Å². The maximum atomic E-state index is 14.0. The number of ketones is 2. The second-order valence-corrected chi connectivity index (χ2v) is 12.4. The summed E-state index contributed by atoms with van der Waals surface area (Å²) < 4.78 is 43.4. The van der Waals surface area contributed by atoms with Gasteiger partial charge in [0.25, 0.3) is 0 Å². The quantitative estimate of drug-likeness (QED) is 0.392. The molecule has 5 unspecified atom stereocenters. The molecule has 194 valence electrons. The smallest absolute Gasteiger partial charge is 0.344 e. The van der Waals surface area contributed by atoms with Crippen molar-refractivity contribution in [2.75, 3.05) is 13.2 Å². The zero-order valence-electron chi connectivity index (χ0n) is 20.3. The van der Waals surface area contributed by atoms with E-state index in [1.807, 2.05) is 20.8 Å². The number of hydrogen-bond acceptors (Lipinski definition) is 10. The molecule has 8 atom stereocenters. The van der Waals surface area contributed by atoms with Crippen LogP contribution in [0.4, 0.5) is 0 Å². The predicted octanol–water partition coefficient (Wildman–Crippen LogP) is 0.170. The molecule has 5 fully saturated rings. The molecular formula is C23H32N2O9S. The summed E-state index contributed by atoms with van der Waals surface area (Å²) >= 11 is 0. The molecule has 5 rings (SSSR count).